The number of nitrogens with zero attached hydrogens (tertiary/aromatic N) is 1. The molecule has 0 aromatic rings. The van der Waals surface area contributed by atoms with Crippen LogP contribution >= 0.6 is 0 Å². The van der Waals surface area contributed by atoms with E-state index < -0.39 is 0 Å². The summed E-state index contributed by atoms with van der Waals surface area (Å²) in [6.07, 6.45) is 1.92. The molecule has 0 saturated heterocycles. The normalized spacial score (nSPS) is 26.3. The van der Waals surface area contributed by atoms with Gasteiger partial charge in [0.15, 0.2) is 0 Å². The van der Waals surface area contributed by atoms with E-state index in [1.165, 1.54) is 11.3 Å². The molecule has 0 amide bonds. The van der Waals surface area contributed by atoms with Crippen LogP contribution in [0.5, 0.6) is 0 Å². The molecule has 0 saturated carbocycles. The molecule has 0 spiro atoms. The summed E-state index contributed by atoms with van der Waals surface area (Å²) in [6.45, 7) is 6.31. The highest BCUT2D eigenvalue weighted by atomic mass is 15.3. The first kappa shape index (κ1) is 6.33. The van der Waals surface area contributed by atoms with Gasteiger partial charge in [0.1, 0.15) is 0 Å². The quantitative estimate of drug-likeness (QED) is 0.520. The molecule has 1 aliphatic rings. The van der Waals surface area contributed by atoms with Crippen molar-refractivity contribution in [3.63, 3.8) is 0 Å². The fraction of sp³-hybridized carbons (Fsp3) is 0.571. The maximum absolute atomic E-state index is 3.96. The lowest BCUT2D eigenvalue weighted by Gasteiger charge is -2.15. The monoisotopic (exact) mass is 124 g/mol. The van der Waals surface area contributed by atoms with Crippen LogP contribution in [0.25, 0.3) is 0 Å². The van der Waals surface area contributed by atoms with Crippen LogP contribution in [0, 0.1) is 5.92 Å². The molecular formula is C7H12N2. The van der Waals surface area contributed by atoms with E-state index in [0.29, 0.717) is 5.92 Å². The smallest absolute Gasteiger partial charge is 0.0316 e. The van der Waals surface area contributed by atoms with E-state index in [4.69, 9.17) is 0 Å². The van der Waals surface area contributed by atoms with Crippen molar-refractivity contribution in [3.05, 3.63) is 11.3 Å². The lowest BCUT2D eigenvalue weighted by atomic mass is 10.0. The number of nitrogens with one attached hydrogen (secondary N) is 1. The Hall–Kier alpha value is -0.790. The highest BCUT2D eigenvalue weighted by Gasteiger charge is 2.07. The first-order valence-electron chi connectivity index (χ1n) is 3.18. The zero-order valence-corrected chi connectivity index (χ0v) is 6.10. The highest BCUT2D eigenvalue weighted by molar-refractivity contribution is 5.65. The van der Waals surface area contributed by atoms with Crippen molar-refractivity contribution in [2.45, 2.75) is 20.8 Å². The SMILES string of the molecule is CC1=C(C)C(C)C=NN1. The number of hydrazone groups is 1. The lowest BCUT2D eigenvalue weighted by Crippen LogP contribution is -2.16. The van der Waals surface area contributed by atoms with Crippen molar-refractivity contribution in [1.82, 2.24) is 5.43 Å². The second kappa shape index (κ2) is 2.21. The third kappa shape index (κ3) is 1.12. The third-order valence-corrected chi connectivity index (χ3v) is 1.80. The first-order valence-corrected chi connectivity index (χ1v) is 3.18. The van der Waals surface area contributed by atoms with Gasteiger partial charge in [-0.15, -0.1) is 0 Å². The van der Waals surface area contributed by atoms with Gasteiger partial charge in [-0.05, 0) is 19.4 Å². The van der Waals surface area contributed by atoms with Crippen molar-refractivity contribution in [2.24, 2.45) is 11.0 Å². The molecule has 0 aliphatic carbocycles. The summed E-state index contributed by atoms with van der Waals surface area (Å²) in [6, 6.07) is 0. The van der Waals surface area contributed by atoms with E-state index in [9.17, 15) is 0 Å². The summed E-state index contributed by atoms with van der Waals surface area (Å²) < 4.78 is 0. The molecule has 2 heteroatoms. The minimum Gasteiger partial charge on any atom is -0.283 e. The fourth-order valence-corrected chi connectivity index (χ4v) is 0.787. The van der Waals surface area contributed by atoms with Gasteiger partial charge in [-0.1, -0.05) is 6.92 Å². The van der Waals surface area contributed by atoms with E-state index in [1.54, 1.807) is 0 Å². The molecule has 1 N–H and O–H groups in total. The number of allylic oxidation sites excluding steroid dienone is 2. The number of hydrogen-bond donors (Lipinski definition) is 1. The maximum Gasteiger partial charge on any atom is 0.0316 e. The molecule has 1 unspecified atom stereocenters. The summed E-state index contributed by atoms with van der Waals surface area (Å²) in [5, 5.41) is 3.96. The summed E-state index contributed by atoms with van der Waals surface area (Å²) in [7, 11) is 0. The van der Waals surface area contributed by atoms with Gasteiger partial charge in [-0.25, -0.2) is 0 Å². The molecule has 0 radical (unpaired) electrons. The predicted molar refractivity (Wildman–Crippen MR) is 39.2 cm³/mol. The van der Waals surface area contributed by atoms with Crippen LogP contribution in [0.2, 0.25) is 0 Å². The van der Waals surface area contributed by atoms with E-state index in [1.807, 2.05) is 13.1 Å². The molecule has 0 aromatic carbocycles. The molecule has 2 nitrogen and oxygen atoms in total. The maximum atomic E-state index is 3.96. The van der Waals surface area contributed by atoms with E-state index >= 15 is 0 Å². The van der Waals surface area contributed by atoms with Gasteiger partial charge < -0.3 is 0 Å². The second-order valence-corrected chi connectivity index (χ2v) is 2.49. The Balaban J connectivity index is 2.79. The molecule has 50 valence electrons. The van der Waals surface area contributed by atoms with Gasteiger partial charge in [0.2, 0.25) is 0 Å². The highest BCUT2D eigenvalue weighted by Crippen LogP contribution is 2.13. The van der Waals surface area contributed by atoms with Gasteiger partial charge in [0.05, 0.1) is 0 Å². The Morgan fingerprint density at radius 3 is 2.67 bits per heavy atom. The van der Waals surface area contributed by atoms with E-state index in [2.05, 4.69) is 24.4 Å². The molecule has 0 aromatic heterocycles. The van der Waals surface area contributed by atoms with Crippen LogP contribution in [0.1, 0.15) is 20.8 Å². The largest absolute Gasteiger partial charge is 0.283 e. The molecule has 0 fully saturated rings. The van der Waals surface area contributed by atoms with Crippen LogP contribution in [0.4, 0.5) is 0 Å². The van der Waals surface area contributed by atoms with E-state index in [-0.39, 0.29) is 0 Å². The van der Waals surface area contributed by atoms with Crippen LogP contribution < -0.4 is 5.43 Å². The van der Waals surface area contributed by atoms with Gasteiger partial charge in [-0.2, -0.15) is 5.10 Å². The Morgan fingerprint density at radius 1 is 1.56 bits per heavy atom. The zero-order valence-electron chi connectivity index (χ0n) is 6.10. The Kier molecular flexibility index (Phi) is 1.56. The number of hydrogen-bond acceptors (Lipinski definition) is 2. The molecule has 1 aliphatic heterocycles. The molecule has 1 heterocycles. The first-order chi connectivity index (χ1) is 4.22. The summed E-state index contributed by atoms with van der Waals surface area (Å²) in [5.41, 5.74) is 5.48. The van der Waals surface area contributed by atoms with Crippen LogP contribution in [0.15, 0.2) is 16.4 Å². The standard InChI is InChI=1S/C7H12N2/c1-5-4-8-9-7(3)6(5)2/h4-5,9H,1-3H3. The minimum atomic E-state index is 0.506. The van der Waals surface area contributed by atoms with Gasteiger partial charge in [-0.3, -0.25) is 5.43 Å². The van der Waals surface area contributed by atoms with Crippen LogP contribution in [-0.4, -0.2) is 6.21 Å². The fourth-order valence-electron chi connectivity index (χ4n) is 0.787. The van der Waals surface area contributed by atoms with Crippen molar-refractivity contribution < 1.29 is 0 Å². The zero-order chi connectivity index (χ0) is 6.85. The second-order valence-electron chi connectivity index (χ2n) is 2.49. The molecule has 9 heavy (non-hydrogen) atoms. The summed E-state index contributed by atoms with van der Waals surface area (Å²) >= 11 is 0. The van der Waals surface area contributed by atoms with Gasteiger partial charge in [0.25, 0.3) is 0 Å². The van der Waals surface area contributed by atoms with Crippen LogP contribution in [-0.2, 0) is 0 Å². The molecular weight excluding hydrogens is 112 g/mol. The van der Waals surface area contributed by atoms with Crippen molar-refractivity contribution in [1.29, 1.82) is 0 Å². The average molecular weight is 124 g/mol. The molecule has 0 bridgehead atoms. The van der Waals surface area contributed by atoms with Crippen molar-refractivity contribution >= 4 is 6.21 Å². The van der Waals surface area contributed by atoms with Crippen LogP contribution in [0.3, 0.4) is 0 Å². The Morgan fingerprint density at radius 2 is 2.22 bits per heavy atom. The molecule has 1 rings (SSSR count). The van der Waals surface area contributed by atoms with Gasteiger partial charge in [0, 0.05) is 17.8 Å². The average Bonchev–Trinajstić information content (AvgIpc) is 1.83. The van der Waals surface area contributed by atoms with Crippen molar-refractivity contribution in [2.75, 3.05) is 0 Å². The van der Waals surface area contributed by atoms with E-state index in [0.717, 1.165) is 0 Å². The third-order valence-electron chi connectivity index (χ3n) is 1.80. The number of rotatable bonds is 0. The molecule has 1 atom stereocenters. The topological polar surface area (TPSA) is 24.4 Å². The Labute approximate surface area is 55.6 Å². The summed E-state index contributed by atoms with van der Waals surface area (Å²) in [5.74, 6) is 0.506. The summed E-state index contributed by atoms with van der Waals surface area (Å²) in [4.78, 5) is 0. The van der Waals surface area contributed by atoms with Crippen molar-refractivity contribution in [3.8, 4) is 0 Å². The predicted octanol–water partition coefficient (Wildman–Crippen LogP) is 1.51. The minimum absolute atomic E-state index is 0.506. The Bertz CT molecular complexity index is 168. The van der Waals surface area contributed by atoms with Gasteiger partial charge >= 0.3 is 0 Å². The lowest BCUT2D eigenvalue weighted by molar-refractivity contribution is 0.769.